The van der Waals surface area contributed by atoms with Gasteiger partial charge in [-0.05, 0) is 73.2 Å². The third kappa shape index (κ3) is 5.16. The number of rotatable bonds is 9. The number of fused-ring (bicyclic) bond motifs is 1. The zero-order chi connectivity index (χ0) is 27.0. The summed E-state index contributed by atoms with van der Waals surface area (Å²) < 4.78 is 12.4. The summed E-state index contributed by atoms with van der Waals surface area (Å²) in [7, 11) is 0. The highest BCUT2D eigenvalue weighted by Crippen LogP contribution is 2.51. The maximum atomic E-state index is 12.1. The van der Waals surface area contributed by atoms with E-state index in [4.69, 9.17) is 9.26 Å². The molecule has 6 rings (SSSR count). The van der Waals surface area contributed by atoms with E-state index in [1.807, 2.05) is 25.2 Å². The quantitative estimate of drug-likeness (QED) is 0.177. The van der Waals surface area contributed by atoms with Crippen molar-refractivity contribution >= 4 is 27.4 Å². The number of carbonyl (C=O) groups is 1. The molecule has 198 valence electrons. The van der Waals surface area contributed by atoms with Crippen LogP contribution in [-0.2, 0) is 21.4 Å². The summed E-state index contributed by atoms with van der Waals surface area (Å²) in [6.45, 7) is 6.61. The third-order valence-corrected chi connectivity index (χ3v) is 9.39. The highest BCUT2D eigenvalue weighted by atomic mass is 32.1. The maximum Gasteiger partial charge on any atom is 0.306 e. The third-order valence-electron chi connectivity index (χ3n) is 8.04. The summed E-state index contributed by atoms with van der Waals surface area (Å²) >= 11 is 1.87. The molecular weight excluding hydrogens is 502 g/mol. The van der Waals surface area contributed by atoms with Crippen molar-refractivity contribution in [3.05, 3.63) is 101 Å². The molecule has 2 heterocycles. The Morgan fingerprint density at radius 2 is 1.67 bits per heavy atom. The number of ether oxygens (including phenoxy) is 1. The Balaban J connectivity index is 1.18. The van der Waals surface area contributed by atoms with Crippen molar-refractivity contribution in [2.24, 2.45) is 0 Å². The van der Waals surface area contributed by atoms with Gasteiger partial charge in [-0.3, -0.25) is 4.79 Å². The van der Waals surface area contributed by atoms with Crippen molar-refractivity contribution in [1.82, 2.24) is 5.16 Å². The van der Waals surface area contributed by atoms with Gasteiger partial charge in [0.1, 0.15) is 0 Å². The van der Waals surface area contributed by atoms with Crippen LogP contribution in [0.5, 0.6) is 0 Å². The molecule has 5 heteroatoms. The Bertz CT molecular complexity index is 1570. The second-order valence-electron chi connectivity index (χ2n) is 10.8. The number of esters is 1. The largest absolute Gasteiger partial charge is 0.466 e. The number of aryl methyl sites for hydroxylation is 1. The monoisotopic (exact) mass is 535 g/mol. The molecule has 2 aromatic heterocycles. The maximum absolute atomic E-state index is 12.1. The van der Waals surface area contributed by atoms with Crippen LogP contribution in [-0.4, -0.2) is 17.7 Å². The summed E-state index contributed by atoms with van der Waals surface area (Å²) in [6.07, 6.45) is 3.43. The van der Waals surface area contributed by atoms with Gasteiger partial charge in [-0.2, -0.15) is 0 Å². The second-order valence-corrected chi connectivity index (χ2v) is 11.9. The highest BCUT2D eigenvalue weighted by molar-refractivity contribution is 7.19. The van der Waals surface area contributed by atoms with Gasteiger partial charge >= 0.3 is 5.97 Å². The summed E-state index contributed by atoms with van der Waals surface area (Å²) in [5.41, 5.74) is 6.66. The predicted octanol–water partition coefficient (Wildman–Crippen LogP) is 8.86. The van der Waals surface area contributed by atoms with Crippen LogP contribution in [0, 0.1) is 6.92 Å². The van der Waals surface area contributed by atoms with Gasteiger partial charge in [0.2, 0.25) is 0 Å². The van der Waals surface area contributed by atoms with E-state index in [9.17, 15) is 4.79 Å². The molecule has 0 saturated heterocycles. The second kappa shape index (κ2) is 10.5. The molecule has 3 aromatic carbocycles. The van der Waals surface area contributed by atoms with Crippen molar-refractivity contribution in [2.75, 3.05) is 6.61 Å². The number of hydrogen-bond acceptors (Lipinski definition) is 5. The Morgan fingerprint density at radius 3 is 2.33 bits per heavy atom. The molecule has 1 fully saturated rings. The first kappa shape index (κ1) is 25.6. The van der Waals surface area contributed by atoms with Crippen molar-refractivity contribution < 1.29 is 14.1 Å². The van der Waals surface area contributed by atoms with Gasteiger partial charge in [0, 0.05) is 26.1 Å². The van der Waals surface area contributed by atoms with Gasteiger partial charge in [0.05, 0.1) is 18.7 Å². The summed E-state index contributed by atoms with van der Waals surface area (Å²) in [5.74, 6) is 1.13. The molecule has 4 nitrogen and oxygen atoms in total. The average Bonchev–Trinajstić information content (AvgIpc) is 3.44. The first-order chi connectivity index (χ1) is 19.0. The van der Waals surface area contributed by atoms with Gasteiger partial charge in [0.15, 0.2) is 5.76 Å². The topological polar surface area (TPSA) is 52.3 Å². The lowest BCUT2D eigenvalue weighted by Crippen LogP contribution is -2.15. The van der Waals surface area contributed by atoms with Crippen LogP contribution in [0.1, 0.15) is 60.7 Å². The fraction of sp³-hybridized carbons (Fsp3) is 0.294. The SMILES string of the molecule is CCOC(=O)CC1(c2ccc(-c3ccc(-c4onc(C)c4CC(C)c4cc5ccccc5s4)cc3)cc2)CC1. The lowest BCUT2D eigenvalue weighted by molar-refractivity contribution is -0.143. The molecule has 0 radical (unpaired) electrons. The van der Waals surface area contributed by atoms with Crippen LogP contribution in [0.2, 0.25) is 0 Å². The van der Waals surface area contributed by atoms with Gasteiger partial charge in [-0.1, -0.05) is 78.8 Å². The van der Waals surface area contributed by atoms with Crippen LogP contribution in [0.15, 0.2) is 83.4 Å². The van der Waals surface area contributed by atoms with Crippen molar-refractivity contribution in [3.8, 4) is 22.5 Å². The smallest absolute Gasteiger partial charge is 0.306 e. The molecule has 1 atom stereocenters. The van der Waals surface area contributed by atoms with Gasteiger partial charge in [-0.15, -0.1) is 11.3 Å². The Labute approximate surface area is 233 Å². The van der Waals surface area contributed by atoms with E-state index in [1.54, 1.807) is 0 Å². The van der Waals surface area contributed by atoms with Crippen LogP contribution < -0.4 is 0 Å². The Kier molecular flexibility index (Phi) is 6.86. The van der Waals surface area contributed by atoms with E-state index in [-0.39, 0.29) is 11.4 Å². The molecule has 0 N–H and O–H groups in total. The fourth-order valence-corrected chi connectivity index (χ4v) is 6.66. The molecule has 1 unspecified atom stereocenters. The Morgan fingerprint density at radius 1 is 1.00 bits per heavy atom. The van der Waals surface area contributed by atoms with E-state index in [0.717, 1.165) is 47.4 Å². The number of thiophene rings is 1. The van der Waals surface area contributed by atoms with Crippen LogP contribution in [0.3, 0.4) is 0 Å². The summed E-state index contributed by atoms with van der Waals surface area (Å²) in [6, 6.07) is 28.1. The van der Waals surface area contributed by atoms with Gasteiger partial charge in [-0.25, -0.2) is 0 Å². The predicted molar refractivity (Wildman–Crippen MR) is 158 cm³/mol. The summed E-state index contributed by atoms with van der Waals surface area (Å²) in [4.78, 5) is 13.5. The van der Waals surface area contributed by atoms with E-state index >= 15 is 0 Å². The first-order valence-electron chi connectivity index (χ1n) is 13.8. The van der Waals surface area contributed by atoms with Gasteiger partial charge in [0.25, 0.3) is 0 Å². The minimum absolute atomic E-state index is 0.0395. The highest BCUT2D eigenvalue weighted by Gasteiger charge is 2.46. The average molecular weight is 536 g/mol. The van der Waals surface area contributed by atoms with E-state index in [0.29, 0.717) is 18.9 Å². The molecule has 5 aromatic rings. The van der Waals surface area contributed by atoms with Crippen LogP contribution in [0.4, 0.5) is 0 Å². The lowest BCUT2D eigenvalue weighted by Gasteiger charge is -2.15. The molecule has 1 aliphatic carbocycles. The number of carbonyl (C=O) groups excluding carboxylic acids is 1. The van der Waals surface area contributed by atoms with Gasteiger partial charge < -0.3 is 9.26 Å². The molecule has 1 saturated carbocycles. The Hall–Kier alpha value is -3.70. The van der Waals surface area contributed by atoms with Crippen molar-refractivity contribution in [3.63, 3.8) is 0 Å². The minimum Gasteiger partial charge on any atom is -0.466 e. The normalized spacial score (nSPS) is 14.8. The minimum atomic E-state index is -0.102. The fourth-order valence-electron chi connectivity index (χ4n) is 5.54. The molecular formula is C34H33NO3S. The summed E-state index contributed by atoms with van der Waals surface area (Å²) in [5, 5.41) is 5.64. The van der Waals surface area contributed by atoms with E-state index in [2.05, 4.69) is 90.9 Å². The molecule has 0 aliphatic heterocycles. The molecule has 1 aliphatic rings. The standard InChI is InChI=1S/C34H33NO3S/c1-4-37-32(36)21-34(17-18-34)28-15-13-25(14-16-28)24-9-11-26(12-10-24)33-29(23(3)35-38-33)19-22(2)31-20-27-7-5-6-8-30(27)39-31/h5-16,20,22H,4,17-19,21H2,1-3H3. The zero-order valence-corrected chi connectivity index (χ0v) is 23.5. The first-order valence-corrected chi connectivity index (χ1v) is 14.6. The molecule has 39 heavy (non-hydrogen) atoms. The zero-order valence-electron chi connectivity index (χ0n) is 22.7. The van der Waals surface area contributed by atoms with Crippen molar-refractivity contribution in [2.45, 2.75) is 57.8 Å². The van der Waals surface area contributed by atoms with Crippen molar-refractivity contribution in [1.29, 1.82) is 0 Å². The number of aromatic nitrogens is 1. The van der Waals surface area contributed by atoms with E-state index < -0.39 is 0 Å². The van der Waals surface area contributed by atoms with E-state index in [1.165, 1.54) is 26.1 Å². The lowest BCUT2D eigenvalue weighted by atomic mass is 9.90. The van der Waals surface area contributed by atoms with Crippen LogP contribution >= 0.6 is 11.3 Å². The number of hydrogen-bond donors (Lipinski definition) is 0. The number of benzene rings is 3. The molecule has 0 amide bonds. The molecule has 0 bridgehead atoms. The molecule has 0 spiro atoms. The van der Waals surface area contributed by atoms with Crippen LogP contribution in [0.25, 0.3) is 32.5 Å². The number of nitrogens with zero attached hydrogens (tertiary/aromatic N) is 1.